The monoisotopic (exact) mass is 517 g/mol. The summed E-state index contributed by atoms with van der Waals surface area (Å²) < 4.78 is 38.9. The SMILES string of the molecule is CC1CCCCN1S(=O)(=O)c1ccc(-c2cccc(CC(=O)C3(c4ccc5c(c4)OCO5)CC3)c2)cc1. The summed E-state index contributed by atoms with van der Waals surface area (Å²) in [6.45, 7) is 2.78. The molecule has 0 amide bonds. The van der Waals surface area contributed by atoms with Gasteiger partial charge in [-0.2, -0.15) is 4.31 Å². The van der Waals surface area contributed by atoms with E-state index in [-0.39, 0.29) is 18.6 Å². The van der Waals surface area contributed by atoms with Crippen LogP contribution in [0.1, 0.15) is 50.2 Å². The van der Waals surface area contributed by atoms with E-state index in [4.69, 9.17) is 9.47 Å². The zero-order valence-corrected chi connectivity index (χ0v) is 21.8. The van der Waals surface area contributed by atoms with E-state index in [0.29, 0.717) is 23.6 Å². The standard InChI is InChI=1S/C30H31NO5S/c1-21-5-2-3-16-31(21)37(33,34)26-11-8-23(9-12-26)24-7-4-6-22(17-24)18-29(32)30(14-15-30)25-10-13-27-28(19-25)36-20-35-27/h4,6-13,17,19,21H,2-3,5,14-16,18,20H2,1H3. The van der Waals surface area contributed by atoms with E-state index in [1.165, 1.54) is 0 Å². The molecule has 0 N–H and O–H groups in total. The third-order valence-electron chi connectivity index (χ3n) is 8.04. The molecule has 6 rings (SSSR count). The number of rotatable bonds is 7. The maximum atomic E-state index is 13.4. The first-order chi connectivity index (χ1) is 17.9. The highest BCUT2D eigenvalue weighted by atomic mass is 32.2. The lowest BCUT2D eigenvalue weighted by atomic mass is 9.87. The molecule has 0 bridgehead atoms. The Bertz CT molecular complexity index is 1440. The summed E-state index contributed by atoms with van der Waals surface area (Å²) in [6, 6.07) is 20.9. The predicted octanol–water partition coefficient (Wildman–Crippen LogP) is 5.49. The Balaban J connectivity index is 1.19. The van der Waals surface area contributed by atoms with Gasteiger partial charge in [0.2, 0.25) is 16.8 Å². The zero-order valence-electron chi connectivity index (χ0n) is 21.0. The highest BCUT2D eigenvalue weighted by Crippen LogP contribution is 2.51. The third-order valence-corrected chi connectivity index (χ3v) is 10.1. The predicted molar refractivity (Wildman–Crippen MR) is 141 cm³/mol. The van der Waals surface area contributed by atoms with E-state index in [9.17, 15) is 13.2 Å². The molecular formula is C30H31NO5S. The number of nitrogens with zero attached hydrogens (tertiary/aromatic N) is 1. The van der Waals surface area contributed by atoms with Crippen LogP contribution in [0.4, 0.5) is 0 Å². The van der Waals surface area contributed by atoms with E-state index in [1.54, 1.807) is 16.4 Å². The number of piperidine rings is 1. The molecule has 7 heteroatoms. The van der Waals surface area contributed by atoms with Crippen molar-refractivity contribution < 1.29 is 22.7 Å². The summed E-state index contributed by atoms with van der Waals surface area (Å²) in [4.78, 5) is 13.8. The smallest absolute Gasteiger partial charge is 0.243 e. The normalized spacial score (nSPS) is 20.5. The van der Waals surface area contributed by atoms with Crippen molar-refractivity contribution in [3.05, 3.63) is 77.9 Å². The van der Waals surface area contributed by atoms with Crippen molar-refractivity contribution in [1.82, 2.24) is 4.31 Å². The van der Waals surface area contributed by atoms with Crippen LogP contribution in [0, 0.1) is 0 Å². The number of benzene rings is 3. The Labute approximate surface area is 218 Å². The quantitative estimate of drug-likeness (QED) is 0.415. The number of fused-ring (bicyclic) bond motifs is 1. The average Bonchev–Trinajstić information content (AvgIpc) is 3.60. The summed E-state index contributed by atoms with van der Waals surface area (Å²) in [5.74, 6) is 1.64. The molecule has 1 atom stereocenters. The second-order valence-electron chi connectivity index (χ2n) is 10.4. The first-order valence-corrected chi connectivity index (χ1v) is 14.5. The molecule has 192 valence electrons. The number of ketones is 1. The lowest BCUT2D eigenvalue weighted by molar-refractivity contribution is -0.120. The van der Waals surface area contributed by atoms with Crippen LogP contribution in [0.5, 0.6) is 11.5 Å². The molecule has 37 heavy (non-hydrogen) atoms. The molecule has 0 aromatic heterocycles. The van der Waals surface area contributed by atoms with Crippen molar-refractivity contribution >= 4 is 15.8 Å². The molecule has 1 saturated heterocycles. The van der Waals surface area contributed by atoms with Crippen molar-refractivity contribution in [3.8, 4) is 22.6 Å². The Morgan fingerprint density at radius 3 is 2.49 bits per heavy atom. The third kappa shape index (κ3) is 4.44. The Morgan fingerprint density at radius 2 is 1.73 bits per heavy atom. The van der Waals surface area contributed by atoms with Crippen LogP contribution >= 0.6 is 0 Å². The van der Waals surface area contributed by atoms with Gasteiger partial charge in [0.05, 0.1) is 10.3 Å². The maximum Gasteiger partial charge on any atom is 0.243 e. The zero-order chi connectivity index (χ0) is 25.6. The topological polar surface area (TPSA) is 72.9 Å². The van der Waals surface area contributed by atoms with Gasteiger partial charge in [-0.05, 0) is 79.1 Å². The van der Waals surface area contributed by atoms with Crippen molar-refractivity contribution in [1.29, 1.82) is 0 Å². The lowest BCUT2D eigenvalue weighted by Crippen LogP contribution is -2.41. The maximum absolute atomic E-state index is 13.4. The number of carbonyl (C=O) groups excluding carboxylic acids is 1. The van der Waals surface area contributed by atoms with Gasteiger partial charge < -0.3 is 9.47 Å². The highest BCUT2D eigenvalue weighted by Gasteiger charge is 2.50. The van der Waals surface area contributed by atoms with Gasteiger partial charge in [-0.15, -0.1) is 0 Å². The van der Waals surface area contributed by atoms with Gasteiger partial charge in [0, 0.05) is 19.0 Å². The number of hydrogen-bond donors (Lipinski definition) is 0. The van der Waals surface area contributed by atoms with E-state index in [1.807, 2.05) is 61.5 Å². The highest BCUT2D eigenvalue weighted by molar-refractivity contribution is 7.89. The molecule has 3 aromatic carbocycles. The van der Waals surface area contributed by atoms with Gasteiger partial charge in [0.15, 0.2) is 11.5 Å². The van der Waals surface area contributed by atoms with Gasteiger partial charge in [-0.1, -0.05) is 48.9 Å². The molecule has 3 aromatic rings. The Morgan fingerprint density at radius 1 is 0.946 bits per heavy atom. The number of Topliss-reactive ketones (excluding diaryl/α,β-unsaturated/α-hetero) is 1. The molecule has 1 unspecified atom stereocenters. The fraction of sp³-hybridized carbons (Fsp3) is 0.367. The first kappa shape index (κ1) is 24.2. The van der Waals surface area contributed by atoms with Crippen LogP contribution in [0.3, 0.4) is 0 Å². The number of ether oxygens (including phenoxy) is 2. The molecule has 2 aliphatic heterocycles. The Kier molecular flexibility index (Phi) is 6.08. The van der Waals surface area contributed by atoms with Crippen LogP contribution in [-0.2, 0) is 26.7 Å². The lowest BCUT2D eigenvalue weighted by Gasteiger charge is -2.32. The van der Waals surface area contributed by atoms with Crippen LogP contribution in [0.15, 0.2) is 71.6 Å². The van der Waals surface area contributed by atoms with Gasteiger partial charge in [0.25, 0.3) is 0 Å². The summed E-state index contributed by atoms with van der Waals surface area (Å²) in [5.41, 5.74) is 3.40. The van der Waals surface area contributed by atoms with E-state index < -0.39 is 15.4 Å². The first-order valence-electron chi connectivity index (χ1n) is 13.0. The van der Waals surface area contributed by atoms with E-state index in [2.05, 4.69) is 0 Å². The van der Waals surface area contributed by atoms with Gasteiger partial charge >= 0.3 is 0 Å². The molecule has 6 nitrogen and oxygen atoms in total. The van der Waals surface area contributed by atoms with Gasteiger partial charge in [0.1, 0.15) is 5.78 Å². The molecule has 2 heterocycles. The summed E-state index contributed by atoms with van der Waals surface area (Å²) in [7, 11) is -3.50. The second kappa shape index (κ2) is 9.30. The van der Waals surface area contributed by atoms with Crippen LogP contribution in [0.2, 0.25) is 0 Å². The van der Waals surface area contributed by atoms with Crippen LogP contribution < -0.4 is 9.47 Å². The van der Waals surface area contributed by atoms with Crippen LogP contribution in [0.25, 0.3) is 11.1 Å². The number of sulfonamides is 1. The fourth-order valence-electron chi connectivity index (χ4n) is 5.65. The average molecular weight is 518 g/mol. The molecule has 0 radical (unpaired) electrons. The fourth-order valence-corrected chi connectivity index (χ4v) is 7.35. The minimum Gasteiger partial charge on any atom is -0.454 e. The number of hydrogen-bond acceptors (Lipinski definition) is 5. The van der Waals surface area contributed by atoms with Crippen molar-refractivity contribution in [2.45, 2.75) is 61.8 Å². The minimum absolute atomic E-state index is 0.0278. The molecule has 1 saturated carbocycles. The van der Waals surface area contributed by atoms with Crippen LogP contribution in [-0.4, -0.2) is 37.9 Å². The molecular weight excluding hydrogens is 486 g/mol. The minimum atomic E-state index is -3.50. The summed E-state index contributed by atoms with van der Waals surface area (Å²) >= 11 is 0. The van der Waals surface area contributed by atoms with Crippen molar-refractivity contribution in [3.63, 3.8) is 0 Å². The molecule has 2 fully saturated rings. The molecule has 3 aliphatic rings. The Hall–Kier alpha value is -3.16. The largest absolute Gasteiger partial charge is 0.454 e. The van der Waals surface area contributed by atoms with E-state index in [0.717, 1.165) is 60.1 Å². The molecule has 0 spiro atoms. The summed E-state index contributed by atoms with van der Waals surface area (Å²) in [5, 5.41) is 0. The van der Waals surface area contributed by atoms with E-state index >= 15 is 0 Å². The number of carbonyl (C=O) groups is 1. The molecule has 1 aliphatic carbocycles. The van der Waals surface area contributed by atoms with Gasteiger partial charge in [-0.25, -0.2) is 8.42 Å². The van der Waals surface area contributed by atoms with Crippen molar-refractivity contribution in [2.75, 3.05) is 13.3 Å². The van der Waals surface area contributed by atoms with Crippen molar-refractivity contribution in [2.24, 2.45) is 0 Å². The van der Waals surface area contributed by atoms with Gasteiger partial charge in [-0.3, -0.25) is 4.79 Å². The summed E-state index contributed by atoms with van der Waals surface area (Å²) in [6.07, 6.45) is 4.92. The second-order valence-corrected chi connectivity index (χ2v) is 12.3.